The van der Waals surface area contributed by atoms with E-state index in [2.05, 4.69) is 16.1 Å². The molecule has 6 nitrogen and oxygen atoms in total. The van der Waals surface area contributed by atoms with Gasteiger partial charge in [-0.25, -0.2) is 8.42 Å². The smallest absolute Gasteiger partial charge is 0.726 e. The molecule has 0 aliphatic rings. The van der Waals surface area contributed by atoms with Gasteiger partial charge >= 0.3 is 29.6 Å². The molecule has 0 saturated carbocycles. The van der Waals surface area contributed by atoms with Gasteiger partial charge in [-0.05, 0) is 19.9 Å². The molecule has 0 fully saturated rings. The van der Waals surface area contributed by atoms with E-state index in [0.717, 1.165) is 6.08 Å². The number of hydrogen-bond donors (Lipinski definition) is 1. The second-order valence-electron chi connectivity index (χ2n) is 3.25. The summed E-state index contributed by atoms with van der Waals surface area (Å²) in [5.41, 5.74) is -0.942. The Kier molecular flexibility index (Phi) is 7.71. The molecule has 15 heavy (non-hydrogen) atoms. The van der Waals surface area contributed by atoms with Gasteiger partial charge in [0.1, 0.15) is 0 Å². The van der Waals surface area contributed by atoms with Gasteiger partial charge < -0.3 is 9.87 Å². The van der Waals surface area contributed by atoms with Gasteiger partial charge in [-0.3, -0.25) is 8.98 Å². The van der Waals surface area contributed by atoms with Crippen LogP contribution in [0, 0.1) is 0 Å². The first kappa shape index (κ1) is 17.5. The normalized spacial score (nSPS) is 11.4. The molecule has 1 N–H and O–H groups in total. The Bertz CT molecular complexity index is 324. The molecule has 0 aromatic carbocycles. The number of carbonyl (C=O) groups is 1. The fourth-order valence-electron chi connectivity index (χ4n) is 0.640. The molecule has 0 heterocycles. The molecule has 0 aromatic heterocycles. The minimum Gasteiger partial charge on any atom is -0.726 e. The van der Waals surface area contributed by atoms with E-state index >= 15 is 0 Å². The molecule has 0 radical (unpaired) electrons. The predicted molar refractivity (Wildman–Crippen MR) is 48.1 cm³/mol. The average molecular weight is 245 g/mol. The summed E-state index contributed by atoms with van der Waals surface area (Å²) in [7, 11) is -4.73. The van der Waals surface area contributed by atoms with Gasteiger partial charge in [-0.1, -0.05) is 6.58 Å². The van der Waals surface area contributed by atoms with E-state index in [1.54, 1.807) is 0 Å². The molecule has 0 saturated heterocycles. The van der Waals surface area contributed by atoms with Crippen molar-refractivity contribution in [3.63, 3.8) is 0 Å². The third-order valence-corrected chi connectivity index (χ3v) is 1.62. The van der Waals surface area contributed by atoms with Crippen LogP contribution in [0.4, 0.5) is 0 Å². The van der Waals surface area contributed by atoms with Gasteiger partial charge in [0.15, 0.2) is 0 Å². The zero-order valence-electron chi connectivity index (χ0n) is 8.94. The molecular weight excluding hydrogens is 233 g/mol. The molecule has 0 unspecified atom stereocenters. The van der Waals surface area contributed by atoms with E-state index in [0.29, 0.717) is 0 Å². The van der Waals surface area contributed by atoms with E-state index in [4.69, 9.17) is 0 Å². The van der Waals surface area contributed by atoms with E-state index in [1.165, 1.54) is 13.8 Å². The zero-order valence-corrected chi connectivity index (χ0v) is 11.8. The summed E-state index contributed by atoms with van der Waals surface area (Å²) in [6.07, 6.45) is 1.04. The SMILES string of the molecule is C=CC(=O)NC(C)(C)COS(=O)(=O)[O-].[Na+]. The summed E-state index contributed by atoms with van der Waals surface area (Å²) in [5, 5.41) is 2.39. The molecule has 8 heteroatoms. The quantitative estimate of drug-likeness (QED) is 0.235. The molecule has 0 rings (SSSR count). The Morgan fingerprint density at radius 1 is 1.60 bits per heavy atom. The minimum atomic E-state index is -4.73. The van der Waals surface area contributed by atoms with E-state index in [9.17, 15) is 17.8 Å². The van der Waals surface area contributed by atoms with Crippen LogP contribution in [0.5, 0.6) is 0 Å². The Balaban J connectivity index is 0. The summed E-state index contributed by atoms with van der Waals surface area (Å²) in [4.78, 5) is 10.8. The molecule has 0 aromatic rings. The Morgan fingerprint density at radius 2 is 2.07 bits per heavy atom. The topological polar surface area (TPSA) is 95.5 Å². The van der Waals surface area contributed by atoms with Crippen LogP contribution in [0.1, 0.15) is 13.8 Å². The maximum Gasteiger partial charge on any atom is 1.00 e. The number of rotatable bonds is 5. The van der Waals surface area contributed by atoms with Gasteiger partial charge in [0, 0.05) is 0 Å². The largest absolute Gasteiger partial charge is 1.00 e. The number of hydrogen-bond acceptors (Lipinski definition) is 5. The Labute approximate surface area is 111 Å². The first-order valence-corrected chi connectivity index (χ1v) is 5.04. The van der Waals surface area contributed by atoms with Crippen LogP contribution in [0.3, 0.4) is 0 Å². The van der Waals surface area contributed by atoms with Crippen LogP contribution in [0.2, 0.25) is 0 Å². The van der Waals surface area contributed by atoms with Crippen molar-refractivity contribution in [3.05, 3.63) is 12.7 Å². The van der Waals surface area contributed by atoms with Crippen molar-refractivity contribution < 1.29 is 51.5 Å². The molecular formula is C7H12NNaO5S. The number of nitrogens with one attached hydrogen (secondary N) is 1. The first-order chi connectivity index (χ1) is 6.16. The molecule has 0 atom stereocenters. The third kappa shape index (κ3) is 10.4. The van der Waals surface area contributed by atoms with E-state index in [1.807, 2.05) is 0 Å². The Morgan fingerprint density at radius 3 is 2.40 bits per heavy atom. The van der Waals surface area contributed by atoms with Crippen LogP contribution >= 0.6 is 0 Å². The molecule has 82 valence electrons. The summed E-state index contributed by atoms with van der Waals surface area (Å²) in [6, 6.07) is 0. The first-order valence-electron chi connectivity index (χ1n) is 3.71. The number of carbonyl (C=O) groups excluding carboxylic acids is 1. The van der Waals surface area contributed by atoms with Crippen molar-refractivity contribution in [3.8, 4) is 0 Å². The number of amides is 1. The minimum absolute atomic E-state index is 0. The second-order valence-corrected chi connectivity index (χ2v) is 4.30. The van der Waals surface area contributed by atoms with Crippen LogP contribution < -0.4 is 34.9 Å². The van der Waals surface area contributed by atoms with Crippen molar-refractivity contribution in [2.24, 2.45) is 0 Å². The van der Waals surface area contributed by atoms with Crippen molar-refractivity contribution in [1.82, 2.24) is 5.32 Å². The van der Waals surface area contributed by atoms with Crippen LogP contribution in [0.25, 0.3) is 0 Å². The van der Waals surface area contributed by atoms with Crippen LogP contribution in [-0.2, 0) is 19.4 Å². The summed E-state index contributed by atoms with van der Waals surface area (Å²) >= 11 is 0. The predicted octanol–water partition coefficient (Wildman–Crippen LogP) is -3.45. The summed E-state index contributed by atoms with van der Waals surface area (Å²) < 4.78 is 34.4. The maximum atomic E-state index is 10.8. The van der Waals surface area contributed by atoms with Gasteiger partial charge in [-0.2, -0.15) is 0 Å². The van der Waals surface area contributed by atoms with E-state index in [-0.39, 0.29) is 29.6 Å². The summed E-state index contributed by atoms with van der Waals surface area (Å²) in [5.74, 6) is -0.470. The molecule has 0 aliphatic carbocycles. The fraction of sp³-hybridized carbons (Fsp3) is 0.571. The average Bonchev–Trinajstić information content (AvgIpc) is 1.99. The molecule has 1 amide bonds. The Hall–Kier alpha value is 0.0800. The van der Waals surface area contributed by atoms with Crippen molar-refractivity contribution in [2.75, 3.05) is 6.61 Å². The van der Waals surface area contributed by atoms with Crippen LogP contribution in [0.15, 0.2) is 12.7 Å². The van der Waals surface area contributed by atoms with Gasteiger partial charge in [0.05, 0.1) is 12.1 Å². The molecule has 0 spiro atoms. The third-order valence-electron chi connectivity index (χ3n) is 1.21. The molecule has 0 aliphatic heterocycles. The van der Waals surface area contributed by atoms with Crippen molar-refractivity contribution in [1.29, 1.82) is 0 Å². The standard InChI is InChI=1S/C7H13NO5S.Na/c1-4-6(9)8-7(2,3)5-13-14(10,11)12;/h4H,1,5H2,2-3H3,(H,8,9)(H,10,11,12);/q;+1/p-1. The van der Waals surface area contributed by atoms with Crippen LogP contribution in [-0.4, -0.2) is 31.0 Å². The van der Waals surface area contributed by atoms with Gasteiger partial charge in [0.25, 0.3) is 0 Å². The molecule has 0 bridgehead atoms. The monoisotopic (exact) mass is 245 g/mol. The fourth-order valence-corrected chi connectivity index (χ4v) is 1.08. The van der Waals surface area contributed by atoms with Crippen molar-refractivity contribution >= 4 is 16.3 Å². The van der Waals surface area contributed by atoms with Gasteiger partial charge in [-0.15, -0.1) is 0 Å². The summed E-state index contributed by atoms with van der Waals surface area (Å²) in [6.45, 7) is 5.83. The zero-order chi connectivity index (χ0) is 11.4. The van der Waals surface area contributed by atoms with Gasteiger partial charge in [0.2, 0.25) is 16.3 Å². The van der Waals surface area contributed by atoms with E-state index < -0.39 is 28.5 Å². The van der Waals surface area contributed by atoms with Crippen molar-refractivity contribution in [2.45, 2.75) is 19.4 Å². The second kappa shape index (κ2) is 6.62. The maximum absolute atomic E-state index is 10.8.